The van der Waals surface area contributed by atoms with E-state index in [2.05, 4.69) is 10.7 Å². The molecule has 2 rings (SSSR count). The third-order valence-electron chi connectivity index (χ3n) is 3.16. The molecule has 1 aromatic carbocycles. The third kappa shape index (κ3) is 2.99. The number of carbonyl (C=O) groups excluding carboxylic acids is 1. The Morgan fingerprint density at radius 2 is 1.95 bits per heavy atom. The van der Waals surface area contributed by atoms with E-state index < -0.39 is 0 Å². The lowest BCUT2D eigenvalue weighted by molar-refractivity contribution is 0.0885. The Hall–Kier alpha value is -1.88. The first-order valence-corrected chi connectivity index (χ1v) is 6.89. The quantitative estimate of drug-likeness (QED) is 0.821. The second-order valence-corrected chi connectivity index (χ2v) is 5.92. The summed E-state index contributed by atoms with van der Waals surface area (Å²) in [7, 11) is 0. The summed E-state index contributed by atoms with van der Waals surface area (Å²) in [5, 5.41) is 5.28. The number of hydrogen-bond donors (Lipinski definition) is 2. The van der Waals surface area contributed by atoms with Crippen LogP contribution in [0.1, 0.15) is 36.7 Å². The number of amides is 1. The van der Waals surface area contributed by atoms with Crippen LogP contribution in [0.3, 0.4) is 0 Å². The van der Waals surface area contributed by atoms with Gasteiger partial charge in [0.2, 0.25) is 0 Å². The van der Waals surface area contributed by atoms with Gasteiger partial charge in [-0.1, -0.05) is 18.2 Å². The molecule has 20 heavy (non-hydrogen) atoms. The molecule has 0 unspecified atom stereocenters. The highest BCUT2D eigenvalue weighted by atomic mass is 32.1. The lowest BCUT2D eigenvalue weighted by Crippen LogP contribution is -2.58. The number of hydrazine groups is 1. The number of nitrogens with zero attached hydrogens (tertiary/aromatic N) is 1. The average Bonchev–Trinajstić information content (AvgIpc) is 2.33. The van der Waals surface area contributed by atoms with Crippen LogP contribution in [0.4, 0.5) is 0 Å². The number of hydrogen-bond acceptors (Lipinski definition) is 2. The first-order valence-electron chi connectivity index (χ1n) is 6.48. The van der Waals surface area contributed by atoms with Crippen LogP contribution in [0, 0.1) is 6.92 Å². The first-order chi connectivity index (χ1) is 9.30. The topological polar surface area (TPSA) is 44.4 Å². The van der Waals surface area contributed by atoms with E-state index in [0.717, 1.165) is 11.3 Å². The molecule has 0 aromatic heterocycles. The number of benzene rings is 1. The van der Waals surface area contributed by atoms with E-state index in [1.165, 1.54) is 0 Å². The lowest BCUT2D eigenvalue weighted by atomic mass is 10.0. The normalized spacial score (nSPS) is 17.3. The van der Waals surface area contributed by atoms with Gasteiger partial charge in [-0.05, 0) is 57.6 Å². The number of allylic oxidation sites excluding steroid dienone is 1. The van der Waals surface area contributed by atoms with Gasteiger partial charge < -0.3 is 5.32 Å². The van der Waals surface area contributed by atoms with Gasteiger partial charge in [-0.25, -0.2) is 5.01 Å². The van der Waals surface area contributed by atoms with Crippen molar-refractivity contribution in [1.29, 1.82) is 0 Å². The van der Waals surface area contributed by atoms with E-state index >= 15 is 0 Å². The summed E-state index contributed by atoms with van der Waals surface area (Å²) in [6.45, 7) is 7.90. The third-order valence-corrected chi connectivity index (χ3v) is 3.44. The van der Waals surface area contributed by atoms with Crippen molar-refractivity contribution in [2.24, 2.45) is 0 Å². The molecule has 5 heteroatoms. The van der Waals surface area contributed by atoms with E-state index in [0.29, 0.717) is 10.7 Å². The highest BCUT2D eigenvalue weighted by Gasteiger charge is 2.28. The van der Waals surface area contributed by atoms with Crippen molar-refractivity contribution >= 4 is 23.2 Å². The Bertz CT molecular complexity index is 593. The summed E-state index contributed by atoms with van der Waals surface area (Å²) >= 11 is 5.31. The fourth-order valence-electron chi connectivity index (χ4n) is 2.24. The summed E-state index contributed by atoms with van der Waals surface area (Å²) < 4.78 is 0. The standard InChI is InChI=1S/C15H19N3OS/c1-10-7-5-6-8-12(10)13(19)17-18-11(2)9-15(3,4)16-14(18)20/h5-9H,1-4H3,(H,16,20)(H,17,19). The van der Waals surface area contributed by atoms with Crippen LogP contribution in [-0.4, -0.2) is 21.6 Å². The Labute approximate surface area is 124 Å². The van der Waals surface area contributed by atoms with E-state index in [1.54, 1.807) is 11.1 Å². The Morgan fingerprint density at radius 1 is 1.30 bits per heavy atom. The molecule has 1 heterocycles. The van der Waals surface area contributed by atoms with Crippen LogP contribution in [0.15, 0.2) is 36.0 Å². The van der Waals surface area contributed by atoms with Gasteiger partial charge in [0.1, 0.15) is 0 Å². The van der Waals surface area contributed by atoms with E-state index in [-0.39, 0.29) is 11.4 Å². The summed E-state index contributed by atoms with van der Waals surface area (Å²) in [5.74, 6) is -0.167. The maximum Gasteiger partial charge on any atom is 0.270 e. The van der Waals surface area contributed by atoms with Crippen molar-refractivity contribution in [3.8, 4) is 0 Å². The van der Waals surface area contributed by atoms with Crippen LogP contribution in [-0.2, 0) is 0 Å². The SMILES string of the molecule is CC1=CC(C)(C)NC(=S)N1NC(=O)c1ccccc1C. The highest BCUT2D eigenvalue weighted by molar-refractivity contribution is 7.80. The van der Waals surface area contributed by atoms with E-state index in [1.807, 2.05) is 52.0 Å². The van der Waals surface area contributed by atoms with Gasteiger partial charge in [-0.15, -0.1) is 0 Å². The molecule has 1 aromatic rings. The minimum absolute atomic E-state index is 0.167. The Morgan fingerprint density at radius 3 is 2.55 bits per heavy atom. The smallest absolute Gasteiger partial charge is 0.270 e. The van der Waals surface area contributed by atoms with Gasteiger partial charge in [0.15, 0.2) is 5.11 Å². The molecule has 0 radical (unpaired) electrons. The van der Waals surface area contributed by atoms with Crippen molar-refractivity contribution < 1.29 is 4.79 Å². The van der Waals surface area contributed by atoms with Crippen LogP contribution in [0.2, 0.25) is 0 Å². The molecule has 0 saturated heterocycles. The molecule has 0 spiro atoms. The van der Waals surface area contributed by atoms with Gasteiger partial charge >= 0.3 is 0 Å². The molecule has 4 nitrogen and oxygen atoms in total. The fraction of sp³-hybridized carbons (Fsp3) is 0.333. The summed E-state index contributed by atoms with van der Waals surface area (Å²) in [4.78, 5) is 12.3. The maximum absolute atomic E-state index is 12.3. The van der Waals surface area contributed by atoms with Gasteiger partial charge in [-0.2, -0.15) is 0 Å². The number of carbonyl (C=O) groups is 1. The monoisotopic (exact) mass is 289 g/mol. The highest BCUT2D eigenvalue weighted by Crippen LogP contribution is 2.17. The molecule has 0 atom stereocenters. The second-order valence-electron chi connectivity index (χ2n) is 5.53. The van der Waals surface area contributed by atoms with E-state index in [4.69, 9.17) is 12.2 Å². The average molecular weight is 289 g/mol. The number of rotatable bonds is 2. The van der Waals surface area contributed by atoms with Gasteiger partial charge in [0, 0.05) is 11.3 Å². The molecular formula is C15H19N3OS. The molecule has 0 saturated carbocycles. The van der Waals surface area contributed by atoms with Crippen molar-refractivity contribution in [3.63, 3.8) is 0 Å². The predicted octanol–water partition coefficient (Wildman–Crippen LogP) is 2.51. The Kier molecular flexibility index (Phi) is 3.81. The van der Waals surface area contributed by atoms with Crippen molar-refractivity contribution in [1.82, 2.24) is 15.8 Å². The van der Waals surface area contributed by atoms with Crippen LogP contribution < -0.4 is 10.7 Å². The van der Waals surface area contributed by atoms with Crippen LogP contribution in [0.5, 0.6) is 0 Å². The number of thiocarbonyl (C=S) groups is 1. The maximum atomic E-state index is 12.3. The molecule has 0 aliphatic carbocycles. The number of aryl methyl sites for hydroxylation is 1. The molecule has 106 valence electrons. The molecule has 0 bridgehead atoms. The second kappa shape index (κ2) is 5.25. The van der Waals surface area contributed by atoms with E-state index in [9.17, 15) is 4.79 Å². The predicted molar refractivity (Wildman–Crippen MR) is 84.1 cm³/mol. The zero-order valence-corrected chi connectivity index (χ0v) is 13.0. The largest absolute Gasteiger partial charge is 0.352 e. The van der Waals surface area contributed by atoms with Gasteiger partial charge in [0.25, 0.3) is 5.91 Å². The summed E-state index contributed by atoms with van der Waals surface area (Å²) in [6.07, 6.45) is 2.03. The number of nitrogens with one attached hydrogen (secondary N) is 2. The lowest BCUT2D eigenvalue weighted by Gasteiger charge is -2.37. The minimum Gasteiger partial charge on any atom is -0.352 e. The minimum atomic E-state index is -0.203. The molecular weight excluding hydrogens is 270 g/mol. The summed E-state index contributed by atoms with van der Waals surface area (Å²) in [6, 6.07) is 7.47. The molecule has 1 amide bonds. The van der Waals surface area contributed by atoms with Gasteiger partial charge in [-0.3, -0.25) is 10.2 Å². The first kappa shape index (κ1) is 14.5. The van der Waals surface area contributed by atoms with Crippen LogP contribution >= 0.6 is 12.2 Å². The molecule has 0 fully saturated rings. The zero-order valence-electron chi connectivity index (χ0n) is 12.2. The molecule has 2 N–H and O–H groups in total. The van der Waals surface area contributed by atoms with Crippen molar-refractivity contribution in [3.05, 3.63) is 47.2 Å². The zero-order chi connectivity index (χ0) is 14.9. The summed E-state index contributed by atoms with van der Waals surface area (Å²) in [5.41, 5.74) is 5.12. The Balaban J connectivity index is 2.21. The van der Waals surface area contributed by atoms with Crippen molar-refractivity contribution in [2.75, 3.05) is 0 Å². The molecule has 1 aliphatic heterocycles. The molecule has 1 aliphatic rings. The van der Waals surface area contributed by atoms with Crippen LogP contribution in [0.25, 0.3) is 0 Å². The van der Waals surface area contributed by atoms with Gasteiger partial charge in [0.05, 0.1) is 5.54 Å². The fourth-order valence-corrected chi connectivity index (χ4v) is 2.70. The van der Waals surface area contributed by atoms with Crippen molar-refractivity contribution in [2.45, 2.75) is 33.2 Å².